The molecular formula is C15H20N4O2. The van der Waals surface area contributed by atoms with Gasteiger partial charge in [-0.25, -0.2) is 4.98 Å². The van der Waals surface area contributed by atoms with Crippen molar-refractivity contribution in [2.24, 2.45) is 0 Å². The van der Waals surface area contributed by atoms with E-state index in [9.17, 15) is 4.79 Å². The molecular weight excluding hydrogens is 268 g/mol. The molecule has 0 saturated heterocycles. The Morgan fingerprint density at radius 1 is 1.48 bits per heavy atom. The van der Waals surface area contributed by atoms with Crippen LogP contribution in [0, 0.1) is 6.92 Å². The van der Waals surface area contributed by atoms with Crippen molar-refractivity contribution in [3.8, 4) is 5.75 Å². The normalized spacial score (nSPS) is 12.0. The molecule has 1 amide bonds. The zero-order valence-electron chi connectivity index (χ0n) is 12.7. The third-order valence-electron chi connectivity index (χ3n) is 3.27. The summed E-state index contributed by atoms with van der Waals surface area (Å²) in [6, 6.07) is 5.67. The van der Waals surface area contributed by atoms with Crippen molar-refractivity contribution in [2.45, 2.75) is 33.2 Å². The second-order valence-corrected chi connectivity index (χ2v) is 4.90. The molecule has 0 bridgehead atoms. The van der Waals surface area contributed by atoms with Crippen molar-refractivity contribution in [3.63, 3.8) is 0 Å². The number of aryl methyl sites for hydroxylation is 2. The molecule has 6 nitrogen and oxygen atoms in total. The molecule has 0 aliphatic heterocycles. The standard InChI is InChI=1S/C15H20N4O2/c1-5-13-17-14(19-18-13)15(20)16-10(3)11-8-9(2)6-7-12(11)21-4/h6-8,10H,5H2,1-4H3,(H,16,20)(H,17,18,19). The fourth-order valence-corrected chi connectivity index (χ4v) is 2.09. The Labute approximate surface area is 123 Å². The zero-order chi connectivity index (χ0) is 15.4. The Hall–Kier alpha value is -2.37. The van der Waals surface area contributed by atoms with Crippen LogP contribution in [0.5, 0.6) is 5.75 Å². The Morgan fingerprint density at radius 2 is 2.24 bits per heavy atom. The predicted octanol–water partition coefficient (Wildman–Crippen LogP) is 2.18. The van der Waals surface area contributed by atoms with Crippen molar-refractivity contribution in [2.75, 3.05) is 7.11 Å². The van der Waals surface area contributed by atoms with E-state index in [4.69, 9.17) is 4.74 Å². The molecule has 0 spiro atoms. The number of aromatic nitrogens is 3. The molecule has 2 N–H and O–H groups in total. The maximum atomic E-state index is 12.1. The third-order valence-corrected chi connectivity index (χ3v) is 3.27. The van der Waals surface area contributed by atoms with E-state index < -0.39 is 0 Å². The molecule has 21 heavy (non-hydrogen) atoms. The monoisotopic (exact) mass is 288 g/mol. The molecule has 0 aliphatic carbocycles. The molecule has 0 fully saturated rings. The summed E-state index contributed by atoms with van der Waals surface area (Å²) in [5.74, 6) is 1.30. The highest BCUT2D eigenvalue weighted by atomic mass is 16.5. The minimum absolute atomic E-state index is 0.158. The molecule has 1 atom stereocenters. The number of nitrogens with one attached hydrogen (secondary N) is 2. The molecule has 1 aromatic heterocycles. The molecule has 1 aromatic carbocycles. The van der Waals surface area contributed by atoms with Gasteiger partial charge in [-0.3, -0.25) is 9.89 Å². The topological polar surface area (TPSA) is 79.9 Å². The van der Waals surface area contributed by atoms with Crippen molar-refractivity contribution >= 4 is 5.91 Å². The number of nitrogens with zero attached hydrogens (tertiary/aromatic N) is 2. The molecule has 2 rings (SSSR count). The maximum Gasteiger partial charge on any atom is 0.291 e. The van der Waals surface area contributed by atoms with Gasteiger partial charge in [0.05, 0.1) is 13.2 Å². The predicted molar refractivity (Wildman–Crippen MR) is 79.4 cm³/mol. The molecule has 0 radical (unpaired) electrons. The molecule has 1 heterocycles. The van der Waals surface area contributed by atoms with E-state index in [0.717, 1.165) is 16.9 Å². The van der Waals surface area contributed by atoms with Crippen LogP contribution in [0.1, 0.15) is 47.5 Å². The zero-order valence-corrected chi connectivity index (χ0v) is 12.7. The minimum atomic E-state index is -0.304. The van der Waals surface area contributed by atoms with Crippen LogP contribution in [-0.4, -0.2) is 28.2 Å². The lowest BCUT2D eigenvalue weighted by atomic mass is 10.0. The van der Waals surface area contributed by atoms with Crippen molar-refractivity contribution in [3.05, 3.63) is 41.0 Å². The summed E-state index contributed by atoms with van der Waals surface area (Å²) in [6.45, 7) is 5.85. The van der Waals surface area contributed by atoms with Crippen molar-refractivity contribution in [1.82, 2.24) is 20.5 Å². The molecule has 0 aliphatic rings. The molecule has 112 valence electrons. The van der Waals surface area contributed by atoms with E-state index in [-0.39, 0.29) is 17.8 Å². The number of amides is 1. The molecule has 0 saturated carbocycles. The van der Waals surface area contributed by atoms with Crippen LogP contribution in [0.2, 0.25) is 0 Å². The van der Waals surface area contributed by atoms with Crippen LogP contribution in [0.25, 0.3) is 0 Å². The number of rotatable bonds is 5. The third kappa shape index (κ3) is 3.39. The second-order valence-electron chi connectivity index (χ2n) is 4.90. The summed E-state index contributed by atoms with van der Waals surface area (Å²) in [4.78, 5) is 16.3. The van der Waals surface area contributed by atoms with Crippen LogP contribution >= 0.6 is 0 Å². The van der Waals surface area contributed by atoms with Gasteiger partial charge in [0.2, 0.25) is 5.82 Å². The van der Waals surface area contributed by atoms with Gasteiger partial charge in [0.1, 0.15) is 11.6 Å². The Morgan fingerprint density at radius 3 is 2.86 bits per heavy atom. The van der Waals surface area contributed by atoms with E-state index in [1.54, 1.807) is 7.11 Å². The van der Waals surface area contributed by atoms with Gasteiger partial charge in [0, 0.05) is 12.0 Å². The van der Waals surface area contributed by atoms with Gasteiger partial charge in [0.15, 0.2) is 0 Å². The average Bonchev–Trinajstić information content (AvgIpc) is 2.96. The number of carbonyl (C=O) groups is 1. The highest BCUT2D eigenvalue weighted by molar-refractivity contribution is 5.90. The first kappa shape index (κ1) is 15.0. The quantitative estimate of drug-likeness (QED) is 0.883. The van der Waals surface area contributed by atoms with E-state index >= 15 is 0 Å². The number of benzene rings is 1. The second kappa shape index (κ2) is 6.39. The van der Waals surface area contributed by atoms with Crippen LogP contribution in [0.15, 0.2) is 18.2 Å². The SMILES string of the molecule is CCc1nc(C(=O)NC(C)c2cc(C)ccc2OC)n[nH]1. The summed E-state index contributed by atoms with van der Waals surface area (Å²) >= 11 is 0. The first-order valence-corrected chi connectivity index (χ1v) is 6.91. The smallest absolute Gasteiger partial charge is 0.291 e. The maximum absolute atomic E-state index is 12.1. The lowest BCUT2D eigenvalue weighted by molar-refractivity contribution is 0.0929. The summed E-state index contributed by atoms with van der Waals surface area (Å²) in [6.07, 6.45) is 0.710. The van der Waals surface area contributed by atoms with Crippen LogP contribution in [-0.2, 0) is 6.42 Å². The van der Waals surface area contributed by atoms with Gasteiger partial charge in [-0.2, -0.15) is 0 Å². The molecule has 6 heteroatoms. The number of hydrogen-bond acceptors (Lipinski definition) is 4. The van der Waals surface area contributed by atoms with E-state index in [0.29, 0.717) is 12.2 Å². The van der Waals surface area contributed by atoms with Crippen LogP contribution in [0.3, 0.4) is 0 Å². The van der Waals surface area contributed by atoms with Crippen molar-refractivity contribution in [1.29, 1.82) is 0 Å². The van der Waals surface area contributed by atoms with Crippen molar-refractivity contribution < 1.29 is 9.53 Å². The number of ether oxygens (including phenoxy) is 1. The van der Waals surface area contributed by atoms with E-state index in [1.165, 1.54) is 0 Å². The summed E-state index contributed by atoms with van der Waals surface area (Å²) in [5.41, 5.74) is 2.04. The molecule has 1 unspecified atom stereocenters. The number of H-pyrrole nitrogens is 1. The fraction of sp³-hybridized carbons (Fsp3) is 0.400. The summed E-state index contributed by atoms with van der Waals surface area (Å²) < 4.78 is 5.34. The van der Waals surface area contributed by atoms with E-state index in [2.05, 4.69) is 20.5 Å². The van der Waals surface area contributed by atoms with Crippen LogP contribution in [0.4, 0.5) is 0 Å². The van der Waals surface area contributed by atoms with Crippen LogP contribution < -0.4 is 10.1 Å². The van der Waals surface area contributed by atoms with Gasteiger partial charge < -0.3 is 10.1 Å². The Kier molecular flexibility index (Phi) is 4.57. The van der Waals surface area contributed by atoms with Gasteiger partial charge in [-0.1, -0.05) is 24.6 Å². The highest BCUT2D eigenvalue weighted by Gasteiger charge is 2.18. The van der Waals surface area contributed by atoms with Gasteiger partial charge in [-0.15, -0.1) is 5.10 Å². The summed E-state index contributed by atoms with van der Waals surface area (Å²) in [5, 5.41) is 9.54. The lowest BCUT2D eigenvalue weighted by Gasteiger charge is -2.17. The minimum Gasteiger partial charge on any atom is -0.496 e. The highest BCUT2D eigenvalue weighted by Crippen LogP contribution is 2.26. The number of carbonyl (C=O) groups excluding carboxylic acids is 1. The largest absolute Gasteiger partial charge is 0.496 e. The number of hydrogen-bond donors (Lipinski definition) is 2. The van der Waals surface area contributed by atoms with Gasteiger partial charge in [0.25, 0.3) is 5.91 Å². The number of methoxy groups -OCH3 is 1. The molecule has 2 aromatic rings. The van der Waals surface area contributed by atoms with E-state index in [1.807, 2.05) is 39.0 Å². The lowest BCUT2D eigenvalue weighted by Crippen LogP contribution is -2.28. The Bertz CT molecular complexity index is 636. The van der Waals surface area contributed by atoms with Gasteiger partial charge in [-0.05, 0) is 19.9 Å². The van der Waals surface area contributed by atoms with Gasteiger partial charge >= 0.3 is 0 Å². The first-order valence-electron chi connectivity index (χ1n) is 6.91. The fourth-order valence-electron chi connectivity index (χ4n) is 2.09. The summed E-state index contributed by atoms with van der Waals surface area (Å²) in [7, 11) is 1.62. The first-order chi connectivity index (χ1) is 10.0. The Balaban J connectivity index is 2.15. The number of aromatic amines is 1. The average molecular weight is 288 g/mol.